The summed E-state index contributed by atoms with van der Waals surface area (Å²) in [6, 6.07) is 6.01. The largest absolute Gasteiger partial charge is 0.364 e. The van der Waals surface area contributed by atoms with Gasteiger partial charge in [-0.2, -0.15) is 5.10 Å². The van der Waals surface area contributed by atoms with Crippen LogP contribution in [0.3, 0.4) is 0 Å². The van der Waals surface area contributed by atoms with Crippen molar-refractivity contribution in [3.05, 3.63) is 53.2 Å². The van der Waals surface area contributed by atoms with Gasteiger partial charge in [0.15, 0.2) is 5.82 Å². The Balaban J connectivity index is 0.00000210. The van der Waals surface area contributed by atoms with E-state index in [4.69, 9.17) is 9.97 Å². The number of fused-ring (bicyclic) bond motifs is 1. The number of hydrogen-bond donors (Lipinski definition) is 2. The SMILES string of the molecule is Cc1cc(CNc2nc(-c3cccnc3)nc3c2CCNCC3)n(C)n1.Cl. The van der Waals surface area contributed by atoms with E-state index in [9.17, 15) is 0 Å². The third-order valence-electron chi connectivity index (χ3n) is 4.64. The summed E-state index contributed by atoms with van der Waals surface area (Å²) in [6.45, 7) is 4.58. The number of hydrogen-bond acceptors (Lipinski definition) is 6. The van der Waals surface area contributed by atoms with Crippen LogP contribution in [0, 0.1) is 6.92 Å². The lowest BCUT2D eigenvalue weighted by molar-refractivity contribution is 0.707. The van der Waals surface area contributed by atoms with Crippen LogP contribution in [0.1, 0.15) is 22.6 Å². The third-order valence-corrected chi connectivity index (χ3v) is 4.64. The fourth-order valence-electron chi connectivity index (χ4n) is 3.32. The molecule has 0 atom stereocenters. The summed E-state index contributed by atoms with van der Waals surface area (Å²) in [5.41, 5.74) is 5.41. The van der Waals surface area contributed by atoms with E-state index in [0.717, 1.165) is 60.2 Å². The van der Waals surface area contributed by atoms with Gasteiger partial charge >= 0.3 is 0 Å². The second-order valence-electron chi connectivity index (χ2n) is 6.57. The third kappa shape index (κ3) is 4.26. The van der Waals surface area contributed by atoms with Crippen molar-refractivity contribution < 1.29 is 0 Å². The van der Waals surface area contributed by atoms with E-state index < -0.39 is 0 Å². The zero-order chi connectivity index (χ0) is 17.9. The summed E-state index contributed by atoms with van der Waals surface area (Å²) < 4.78 is 1.91. The standard InChI is InChI=1S/C19H23N7.ClH/c1-13-10-15(26(2)25-13)12-22-19-16-5-8-20-9-6-17(16)23-18(24-19)14-4-3-7-21-11-14;/h3-4,7,10-11,20H,5-6,8-9,12H2,1-2H3,(H,22,23,24);1H. The van der Waals surface area contributed by atoms with Gasteiger partial charge in [-0.1, -0.05) is 0 Å². The Bertz CT molecular complexity index is 908. The van der Waals surface area contributed by atoms with Gasteiger partial charge in [0.1, 0.15) is 5.82 Å². The molecule has 0 bridgehead atoms. The van der Waals surface area contributed by atoms with Gasteiger partial charge in [0.05, 0.1) is 23.6 Å². The van der Waals surface area contributed by atoms with Crippen LogP contribution in [0.2, 0.25) is 0 Å². The number of anilines is 1. The zero-order valence-corrected chi connectivity index (χ0v) is 16.4. The zero-order valence-electron chi connectivity index (χ0n) is 15.6. The average molecular weight is 386 g/mol. The molecule has 1 aliphatic heterocycles. The minimum atomic E-state index is 0. The first-order chi connectivity index (χ1) is 12.7. The monoisotopic (exact) mass is 385 g/mol. The maximum absolute atomic E-state index is 4.83. The van der Waals surface area contributed by atoms with Crippen molar-refractivity contribution in [2.45, 2.75) is 26.3 Å². The predicted octanol–water partition coefficient (Wildman–Crippen LogP) is 2.30. The Morgan fingerprint density at radius 1 is 1.22 bits per heavy atom. The molecule has 8 heteroatoms. The van der Waals surface area contributed by atoms with E-state index in [-0.39, 0.29) is 12.4 Å². The molecule has 0 radical (unpaired) electrons. The maximum atomic E-state index is 4.83. The fraction of sp³-hybridized carbons (Fsp3) is 0.368. The molecule has 7 nitrogen and oxygen atoms in total. The fourth-order valence-corrected chi connectivity index (χ4v) is 3.32. The molecule has 0 fully saturated rings. The van der Waals surface area contributed by atoms with Crippen LogP contribution in [0.4, 0.5) is 5.82 Å². The van der Waals surface area contributed by atoms with E-state index in [0.29, 0.717) is 6.54 Å². The van der Waals surface area contributed by atoms with Crippen LogP contribution in [-0.4, -0.2) is 37.8 Å². The van der Waals surface area contributed by atoms with Gasteiger partial charge in [-0.25, -0.2) is 9.97 Å². The van der Waals surface area contributed by atoms with Gasteiger partial charge in [-0.3, -0.25) is 9.67 Å². The number of pyridine rings is 1. The Labute approximate surface area is 165 Å². The average Bonchev–Trinajstić information content (AvgIpc) is 2.84. The van der Waals surface area contributed by atoms with Crippen molar-refractivity contribution in [3.8, 4) is 11.4 Å². The van der Waals surface area contributed by atoms with Gasteiger partial charge in [0, 0.05) is 43.5 Å². The van der Waals surface area contributed by atoms with Crippen molar-refractivity contribution in [2.24, 2.45) is 7.05 Å². The molecule has 3 aromatic heterocycles. The van der Waals surface area contributed by atoms with Gasteiger partial charge < -0.3 is 10.6 Å². The molecule has 0 saturated carbocycles. The lowest BCUT2D eigenvalue weighted by Gasteiger charge is -2.15. The molecule has 27 heavy (non-hydrogen) atoms. The van der Waals surface area contributed by atoms with E-state index in [1.54, 1.807) is 6.20 Å². The van der Waals surface area contributed by atoms with Crippen LogP contribution in [0.25, 0.3) is 11.4 Å². The van der Waals surface area contributed by atoms with Crippen molar-refractivity contribution in [1.29, 1.82) is 0 Å². The molecular formula is C19H24ClN7. The highest BCUT2D eigenvalue weighted by Gasteiger charge is 2.17. The maximum Gasteiger partial charge on any atom is 0.163 e. The Hall–Kier alpha value is -2.51. The lowest BCUT2D eigenvalue weighted by Crippen LogP contribution is -2.16. The summed E-state index contributed by atoms with van der Waals surface area (Å²) in [5, 5.41) is 11.4. The number of nitrogens with zero attached hydrogens (tertiary/aromatic N) is 5. The van der Waals surface area contributed by atoms with Crippen molar-refractivity contribution >= 4 is 18.2 Å². The molecule has 0 saturated heterocycles. The number of halogens is 1. The summed E-state index contributed by atoms with van der Waals surface area (Å²) >= 11 is 0. The Kier molecular flexibility index (Phi) is 6.03. The number of aromatic nitrogens is 5. The Morgan fingerprint density at radius 3 is 2.81 bits per heavy atom. The summed E-state index contributed by atoms with van der Waals surface area (Å²) in [5.74, 6) is 1.64. The quantitative estimate of drug-likeness (QED) is 0.717. The minimum absolute atomic E-state index is 0. The topological polar surface area (TPSA) is 80.5 Å². The molecule has 2 N–H and O–H groups in total. The number of rotatable bonds is 4. The van der Waals surface area contributed by atoms with E-state index >= 15 is 0 Å². The molecule has 0 aliphatic carbocycles. The van der Waals surface area contributed by atoms with Crippen LogP contribution >= 0.6 is 12.4 Å². The number of nitrogens with one attached hydrogen (secondary N) is 2. The first kappa shape index (κ1) is 19.3. The molecule has 1 aliphatic rings. The van der Waals surface area contributed by atoms with Crippen molar-refractivity contribution in [1.82, 2.24) is 30.0 Å². The molecule has 4 heterocycles. The van der Waals surface area contributed by atoms with Crippen LogP contribution in [0.15, 0.2) is 30.6 Å². The highest BCUT2D eigenvalue weighted by Crippen LogP contribution is 2.24. The second-order valence-corrected chi connectivity index (χ2v) is 6.57. The first-order valence-corrected chi connectivity index (χ1v) is 8.95. The van der Waals surface area contributed by atoms with Gasteiger partial charge in [-0.15, -0.1) is 12.4 Å². The summed E-state index contributed by atoms with van der Waals surface area (Å²) in [6.07, 6.45) is 5.41. The summed E-state index contributed by atoms with van der Waals surface area (Å²) in [4.78, 5) is 13.9. The highest BCUT2D eigenvalue weighted by atomic mass is 35.5. The van der Waals surface area contributed by atoms with Crippen LogP contribution in [0.5, 0.6) is 0 Å². The normalized spacial score (nSPS) is 13.4. The van der Waals surface area contributed by atoms with Crippen molar-refractivity contribution in [3.63, 3.8) is 0 Å². The second kappa shape index (κ2) is 8.45. The lowest BCUT2D eigenvalue weighted by atomic mass is 10.1. The molecule has 4 rings (SSSR count). The van der Waals surface area contributed by atoms with E-state index in [1.165, 1.54) is 5.56 Å². The van der Waals surface area contributed by atoms with Gasteiger partial charge in [-0.05, 0) is 38.1 Å². The van der Waals surface area contributed by atoms with E-state index in [2.05, 4.69) is 26.8 Å². The molecule has 142 valence electrons. The van der Waals surface area contributed by atoms with Gasteiger partial charge in [0.2, 0.25) is 0 Å². The smallest absolute Gasteiger partial charge is 0.163 e. The van der Waals surface area contributed by atoms with Gasteiger partial charge in [0.25, 0.3) is 0 Å². The first-order valence-electron chi connectivity index (χ1n) is 8.95. The summed E-state index contributed by atoms with van der Waals surface area (Å²) in [7, 11) is 1.97. The van der Waals surface area contributed by atoms with E-state index in [1.807, 2.05) is 37.0 Å². The molecule has 0 aromatic carbocycles. The molecule has 3 aromatic rings. The molecular weight excluding hydrogens is 362 g/mol. The Morgan fingerprint density at radius 2 is 2.07 bits per heavy atom. The predicted molar refractivity (Wildman–Crippen MR) is 108 cm³/mol. The molecule has 0 unspecified atom stereocenters. The number of aryl methyl sites for hydroxylation is 2. The molecule has 0 spiro atoms. The minimum Gasteiger partial charge on any atom is -0.364 e. The van der Waals surface area contributed by atoms with Crippen LogP contribution < -0.4 is 10.6 Å². The van der Waals surface area contributed by atoms with Crippen molar-refractivity contribution in [2.75, 3.05) is 18.4 Å². The highest BCUT2D eigenvalue weighted by molar-refractivity contribution is 5.85. The molecule has 0 amide bonds. The van der Waals surface area contributed by atoms with Crippen LogP contribution in [-0.2, 0) is 26.4 Å².